The third-order valence-corrected chi connectivity index (χ3v) is 6.45. The van der Waals surface area contributed by atoms with E-state index in [2.05, 4.69) is 5.32 Å². The van der Waals surface area contributed by atoms with Crippen molar-refractivity contribution in [2.75, 3.05) is 13.2 Å². The lowest BCUT2D eigenvalue weighted by Crippen LogP contribution is -2.51. The summed E-state index contributed by atoms with van der Waals surface area (Å²) >= 11 is 0. The Hall–Kier alpha value is -0.130. The summed E-state index contributed by atoms with van der Waals surface area (Å²) in [6, 6.07) is 0. The zero-order valence-corrected chi connectivity index (χ0v) is 8.85. The maximum absolute atomic E-state index is 11.8. The van der Waals surface area contributed by atoms with Gasteiger partial charge in [-0.3, -0.25) is 5.32 Å². The highest BCUT2D eigenvalue weighted by Gasteiger charge is 2.54. The summed E-state index contributed by atoms with van der Waals surface area (Å²) < 4.78 is 29.3. The second-order valence-corrected chi connectivity index (χ2v) is 7.10. The molecular formula is C9H15NO3S. The quantitative estimate of drug-likeness (QED) is 0.622. The molecule has 3 heterocycles. The Kier molecular flexibility index (Phi) is 1.77. The van der Waals surface area contributed by atoms with Gasteiger partial charge in [0.25, 0.3) is 0 Å². The molecule has 0 aliphatic carbocycles. The van der Waals surface area contributed by atoms with Crippen LogP contribution in [-0.2, 0) is 14.6 Å². The van der Waals surface area contributed by atoms with Crippen molar-refractivity contribution in [2.24, 2.45) is 0 Å². The van der Waals surface area contributed by atoms with Crippen LogP contribution in [0.1, 0.15) is 25.7 Å². The van der Waals surface area contributed by atoms with Gasteiger partial charge in [-0.2, -0.15) is 0 Å². The highest BCUT2D eigenvalue weighted by molar-refractivity contribution is 7.93. The summed E-state index contributed by atoms with van der Waals surface area (Å²) in [6.07, 6.45) is 2.98. The molecule has 3 saturated heterocycles. The average molecular weight is 217 g/mol. The monoisotopic (exact) mass is 217 g/mol. The van der Waals surface area contributed by atoms with Crippen LogP contribution in [-0.4, -0.2) is 37.8 Å². The van der Waals surface area contributed by atoms with E-state index in [0.717, 1.165) is 26.0 Å². The summed E-state index contributed by atoms with van der Waals surface area (Å²) in [6.45, 7) is 1.58. The van der Waals surface area contributed by atoms with Crippen LogP contribution in [0.4, 0.5) is 0 Å². The Morgan fingerprint density at radius 2 is 1.86 bits per heavy atom. The molecule has 2 unspecified atom stereocenters. The molecule has 2 atom stereocenters. The minimum absolute atomic E-state index is 0.146. The van der Waals surface area contributed by atoms with Gasteiger partial charge in [0, 0.05) is 19.4 Å². The lowest BCUT2D eigenvalue weighted by Gasteiger charge is -2.36. The first-order valence-electron chi connectivity index (χ1n) is 5.24. The zero-order chi connectivity index (χ0) is 9.81. The number of ether oxygens (including phenoxy) is 1. The Morgan fingerprint density at radius 3 is 2.36 bits per heavy atom. The van der Waals surface area contributed by atoms with E-state index >= 15 is 0 Å². The van der Waals surface area contributed by atoms with E-state index in [9.17, 15) is 8.42 Å². The Labute approximate surface area is 83.9 Å². The number of nitrogens with one attached hydrogen (secondary N) is 1. The van der Waals surface area contributed by atoms with Crippen LogP contribution in [0.25, 0.3) is 0 Å². The average Bonchev–Trinajstić information content (AvgIpc) is 2.56. The summed E-state index contributed by atoms with van der Waals surface area (Å²) in [4.78, 5) is 0. The third-order valence-electron chi connectivity index (χ3n) is 3.78. The second kappa shape index (κ2) is 2.71. The molecule has 0 aromatic heterocycles. The minimum Gasteiger partial charge on any atom is -0.359 e. The van der Waals surface area contributed by atoms with Gasteiger partial charge in [0.15, 0.2) is 9.84 Å². The van der Waals surface area contributed by atoms with Crippen molar-refractivity contribution in [3.8, 4) is 0 Å². The molecular weight excluding hydrogens is 202 g/mol. The molecule has 1 N–H and O–H groups in total. The van der Waals surface area contributed by atoms with Crippen molar-refractivity contribution in [3.05, 3.63) is 0 Å². The van der Waals surface area contributed by atoms with Crippen molar-refractivity contribution in [1.82, 2.24) is 5.32 Å². The molecule has 0 radical (unpaired) electrons. The minimum atomic E-state index is -2.81. The van der Waals surface area contributed by atoms with Gasteiger partial charge in [0.1, 0.15) is 5.72 Å². The van der Waals surface area contributed by atoms with Crippen molar-refractivity contribution in [2.45, 2.75) is 41.9 Å². The van der Waals surface area contributed by atoms with Crippen molar-refractivity contribution in [3.63, 3.8) is 0 Å². The van der Waals surface area contributed by atoms with Crippen molar-refractivity contribution < 1.29 is 13.2 Å². The molecule has 3 aliphatic rings. The first-order valence-corrected chi connectivity index (χ1v) is 6.85. The van der Waals surface area contributed by atoms with E-state index in [1.165, 1.54) is 0 Å². The van der Waals surface area contributed by atoms with Crippen LogP contribution in [0.5, 0.6) is 0 Å². The molecule has 0 aromatic rings. The van der Waals surface area contributed by atoms with E-state index in [1.54, 1.807) is 0 Å². The SMILES string of the molecule is O=S1(=O)C2CCC1CC1(C2)NCCO1. The molecule has 80 valence electrons. The summed E-state index contributed by atoms with van der Waals surface area (Å²) in [5, 5.41) is 3.03. The van der Waals surface area contributed by atoms with Crippen LogP contribution >= 0.6 is 0 Å². The van der Waals surface area contributed by atoms with Crippen LogP contribution in [0, 0.1) is 0 Å². The third kappa shape index (κ3) is 1.09. The largest absolute Gasteiger partial charge is 0.359 e. The number of fused-ring (bicyclic) bond motifs is 2. The first kappa shape index (κ1) is 9.12. The fraction of sp³-hybridized carbons (Fsp3) is 1.00. The standard InChI is InChI=1S/C9H15NO3S/c11-14(12)7-1-2-8(14)6-9(5-7)10-3-4-13-9/h7-8,10H,1-6H2. The van der Waals surface area contributed by atoms with Crippen LogP contribution in [0.2, 0.25) is 0 Å². The van der Waals surface area contributed by atoms with E-state index in [1.807, 2.05) is 0 Å². The van der Waals surface area contributed by atoms with Crippen LogP contribution in [0.15, 0.2) is 0 Å². The lowest BCUT2D eigenvalue weighted by atomic mass is 10.0. The lowest BCUT2D eigenvalue weighted by molar-refractivity contribution is -0.0245. The highest BCUT2D eigenvalue weighted by Crippen LogP contribution is 2.44. The number of rotatable bonds is 0. The van der Waals surface area contributed by atoms with Gasteiger partial charge in [0.2, 0.25) is 0 Å². The summed E-state index contributed by atoms with van der Waals surface area (Å²) in [7, 11) is -2.81. The predicted octanol–water partition coefficient (Wildman–Crippen LogP) is 0.0421. The Balaban J connectivity index is 1.93. The summed E-state index contributed by atoms with van der Waals surface area (Å²) in [5.74, 6) is 0. The fourth-order valence-corrected chi connectivity index (χ4v) is 5.54. The second-order valence-electron chi connectivity index (χ2n) is 4.59. The Morgan fingerprint density at radius 1 is 1.21 bits per heavy atom. The van der Waals surface area contributed by atoms with Gasteiger partial charge in [-0.1, -0.05) is 0 Å². The van der Waals surface area contributed by atoms with Gasteiger partial charge >= 0.3 is 0 Å². The predicted molar refractivity (Wildman–Crippen MR) is 51.6 cm³/mol. The van der Waals surface area contributed by atoms with Gasteiger partial charge in [0.05, 0.1) is 17.1 Å². The smallest absolute Gasteiger partial charge is 0.156 e. The van der Waals surface area contributed by atoms with Crippen LogP contribution in [0.3, 0.4) is 0 Å². The van der Waals surface area contributed by atoms with Gasteiger partial charge in [-0.15, -0.1) is 0 Å². The van der Waals surface area contributed by atoms with Crippen LogP contribution < -0.4 is 5.32 Å². The van der Waals surface area contributed by atoms with Gasteiger partial charge in [-0.05, 0) is 12.8 Å². The van der Waals surface area contributed by atoms with Crippen molar-refractivity contribution >= 4 is 9.84 Å². The molecule has 5 heteroatoms. The summed E-state index contributed by atoms with van der Waals surface area (Å²) in [5.41, 5.74) is -0.294. The first-order chi connectivity index (χ1) is 6.62. The maximum Gasteiger partial charge on any atom is 0.156 e. The molecule has 3 fully saturated rings. The molecule has 3 aliphatic heterocycles. The van der Waals surface area contributed by atoms with E-state index < -0.39 is 9.84 Å². The Bertz CT molecular complexity index is 323. The fourth-order valence-electron chi connectivity index (χ4n) is 3.07. The van der Waals surface area contributed by atoms with E-state index in [0.29, 0.717) is 12.8 Å². The molecule has 0 amide bonds. The van der Waals surface area contributed by atoms with E-state index in [4.69, 9.17) is 4.74 Å². The molecule has 0 aromatic carbocycles. The number of sulfone groups is 1. The number of hydrogen-bond donors (Lipinski definition) is 1. The zero-order valence-electron chi connectivity index (χ0n) is 8.03. The molecule has 2 bridgehead atoms. The van der Waals surface area contributed by atoms with Crippen molar-refractivity contribution in [1.29, 1.82) is 0 Å². The maximum atomic E-state index is 11.8. The van der Waals surface area contributed by atoms with E-state index in [-0.39, 0.29) is 16.2 Å². The molecule has 3 rings (SSSR count). The number of hydrogen-bond acceptors (Lipinski definition) is 4. The normalized spacial score (nSPS) is 50.0. The molecule has 4 nitrogen and oxygen atoms in total. The topological polar surface area (TPSA) is 55.4 Å². The molecule has 0 saturated carbocycles. The molecule has 1 spiro atoms. The highest BCUT2D eigenvalue weighted by atomic mass is 32.2. The van der Waals surface area contributed by atoms with Gasteiger partial charge < -0.3 is 4.74 Å². The molecule has 14 heavy (non-hydrogen) atoms. The van der Waals surface area contributed by atoms with Gasteiger partial charge in [-0.25, -0.2) is 8.42 Å².